The van der Waals surface area contributed by atoms with Crippen molar-refractivity contribution in [1.82, 2.24) is 0 Å². The zero-order chi connectivity index (χ0) is 33.1. The Kier molecular flexibility index (Phi) is 7.38. The molecular formula is C40H36F2O5. The average Bonchev–Trinajstić information content (AvgIpc) is 3.41. The van der Waals surface area contributed by atoms with E-state index in [0.29, 0.717) is 41.2 Å². The standard InChI is InChI=1S/C40H36F2O5/c1-7-39(8-2)36-31(19-25(41)20-32(36)42)35-29-21-33(45-5)34(46-6)22-30(29)38-28(37(35)39)17-18-40(47-38,23-9-13-26(43-3)14-10-23)24-11-15-27(44-4)16-12-24/h9-22H,7-8H2,1-6H3. The van der Waals surface area contributed by atoms with E-state index in [1.54, 1.807) is 28.4 Å². The molecule has 0 saturated heterocycles. The van der Waals surface area contributed by atoms with E-state index < -0.39 is 22.7 Å². The normalized spacial score (nSPS) is 15.0. The fraction of sp³-hybridized carbons (Fsp3) is 0.250. The minimum Gasteiger partial charge on any atom is -0.497 e. The first-order valence-electron chi connectivity index (χ1n) is 15.7. The second-order valence-electron chi connectivity index (χ2n) is 12.0. The number of hydrogen-bond donors (Lipinski definition) is 0. The lowest BCUT2D eigenvalue weighted by Gasteiger charge is -2.39. The molecule has 240 valence electrons. The Morgan fingerprint density at radius 2 is 1.21 bits per heavy atom. The molecule has 7 heteroatoms. The molecule has 5 aromatic rings. The summed E-state index contributed by atoms with van der Waals surface area (Å²) in [6.45, 7) is 4.12. The van der Waals surface area contributed by atoms with Crippen LogP contribution in [-0.4, -0.2) is 28.4 Å². The molecule has 0 atom stereocenters. The van der Waals surface area contributed by atoms with Crippen LogP contribution in [0.3, 0.4) is 0 Å². The number of benzene rings is 5. The van der Waals surface area contributed by atoms with Gasteiger partial charge in [0, 0.05) is 39.1 Å². The molecule has 0 unspecified atom stereocenters. The van der Waals surface area contributed by atoms with Gasteiger partial charge in [-0.25, -0.2) is 8.78 Å². The lowest BCUT2D eigenvalue weighted by atomic mass is 9.71. The highest BCUT2D eigenvalue weighted by molar-refractivity contribution is 6.09. The van der Waals surface area contributed by atoms with Gasteiger partial charge in [0.2, 0.25) is 0 Å². The zero-order valence-electron chi connectivity index (χ0n) is 27.3. The van der Waals surface area contributed by atoms with Crippen molar-refractivity contribution in [1.29, 1.82) is 0 Å². The van der Waals surface area contributed by atoms with Crippen LogP contribution in [0.5, 0.6) is 28.7 Å². The summed E-state index contributed by atoms with van der Waals surface area (Å²) in [4.78, 5) is 0. The molecule has 5 nitrogen and oxygen atoms in total. The van der Waals surface area contributed by atoms with Gasteiger partial charge in [-0.2, -0.15) is 0 Å². The van der Waals surface area contributed by atoms with E-state index in [2.05, 4.69) is 26.0 Å². The SMILES string of the molecule is CCC1(CC)c2c(F)cc(F)cc2-c2c1c1c(c3cc(OC)c(OC)cc23)OC(c2ccc(OC)cc2)(c2ccc(OC)cc2)C=C1. The number of ether oxygens (including phenoxy) is 5. The molecule has 0 radical (unpaired) electrons. The Balaban J connectivity index is 1.61. The van der Waals surface area contributed by atoms with E-state index in [4.69, 9.17) is 23.7 Å². The van der Waals surface area contributed by atoms with Crippen molar-refractivity contribution in [3.63, 3.8) is 0 Å². The molecule has 0 amide bonds. The molecular weight excluding hydrogens is 598 g/mol. The number of hydrogen-bond acceptors (Lipinski definition) is 5. The van der Waals surface area contributed by atoms with Crippen LogP contribution in [0.4, 0.5) is 8.78 Å². The Hall–Kier alpha value is -5.04. The van der Waals surface area contributed by atoms with Crippen LogP contribution in [0, 0.1) is 11.6 Å². The van der Waals surface area contributed by atoms with Crippen LogP contribution in [0.1, 0.15) is 54.5 Å². The van der Waals surface area contributed by atoms with Crippen molar-refractivity contribution in [2.24, 2.45) is 0 Å². The first-order chi connectivity index (χ1) is 22.8. The molecule has 0 aromatic heterocycles. The topological polar surface area (TPSA) is 46.2 Å². The second kappa shape index (κ2) is 11.3. The quantitative estimate of drug-likeness (QED) is 0.170. The summed E-state index contributed by atoms with van der Waals surface area (Å²) in [5, 5.41) is 1.51. The summed E-state index contributed by atoms with van der Waals surface area (Å²) in [5.74, 6) is 1.92. The molecule has 0 saturated carbocycles. The molecule has 7 rings (SSSR count). The first-order valence-corrected chi connectivity index (χ1v) is 15.7. The third-order valence-corrected chi connectivity index (χ3v) is 10.1. The van der Waals surface area contributed by atoms with Crippen molar-refractivity contribution in [2.45, 2.75) is 37.7 Å². The van der Waals surface area contributed by atoms with Gasteiger partial charge in [0.05, 0.1) is 28.4 Å². The summed E-state index contributed by atoms with van der Waals surface area (Å²) in [6.07, 6.45) is 5.35. The molecule has 1 heterocycles. The largest absolute Gasteiger partial charge is 0.497 e. The Morgan fingerprint density at radius 1 is 0.660 bits per heavy atom. The number of fused-ring (bicyclic) bond motifs is 8. The maximum absolute atomic E-state index is 16.0. The Labute approximate surface area is 273 Å². The molecule has 1 aliphatic heterocycles. The van der Waals surface area contributed by atoms with Gasteiger partial charge >= 0.3 is 0 Å². The molecule has 0 bridgehead atoms. The van der Waals surface area contributed by atoms with Crippen LogP contribution in [0.25, 0.3) is 28.0 Å². The van der Waals surface area contributed by atoms with Gasteiger partial charge in [-0.1, -0.05) is 44.2 Å². The van der Waals surface area contributed by atoms with Crippen LogP contribution in [0.15, 0.2) is 78.9 Å². The van der Waals surface area contributed by atoms with Gasteiger partial charge in [0.15, 0.2) is 17.1 Å². The van der Waals surface area contributed by atoms with Gasteiger partial charge < -0.3 is 23.7 Å². The Bertz CT molecular complexity index is 2000. The zero-order valence-corrected chi connectivity index (χ0v) is 27.3. The van der Waals surface area contributed by atoms with Crippen LogP contribution < -0.4 is 23.7 Å². The lowest BCUT2D eigenvalue weighted by Crippen LogP contribution is -2.35. The molecule has 2 aliphatic rings. The minimum atomic E-state index is -1.05. The summed E-state index contributed by atoms with van der Waals surface area (Å²) < 4.78 is 60.9. The van der Waals surface area contributed by atoms with Gasteiger partial charge in [-0.3, -0.25) is 0 Å². The van der Waals surface area contributed by atoms with Crippen molar-refractivity contribution >= 4 is 16.8 Å². The van der Waals surface area contributed by atoms with Crippen LogP contribution >= 0.6 is 0 Å². The maximum atomic E-state index is 16.0. The summed E-state index contributed by atoms with van der Waals surface area (Å²) in [6, 6.07) is 21.9. The highest BCUT2D eigenvalue weighted by Gasteiger charge is 2.48. The van der Waals surface area contributed by atoms with Crippen LogP contribution in [-0.2, 0) is 11.0 Å². The van der Waals surface area contributed by atoms with Gasteiger partial charge in [0.25, 0.3) is 0 Å². The van der Waals surface area contributed by atoms with Crippen molar-refractivity contribution in [2.75, 3.05) is 28.4 Å². The van der Waals surface area contributed by atoms with Gasteiger partial charge in [-0.05, 0) is 83.5 Å². The predicted octanol–water partition coefficient (Wildman–Crippen LogP) is 9.59. The Morgan fingerprint density at radius 3 is 1.72 bits per heavy atom. The second-order valence-corrected chi connectivity index (χ2v) is 12.0. The number of halogens is 2. The average molecular weight is 635 g/mol. The fourth-order valence-corrected chi connectivity index (χ4v) is 7.74. The monoisotopic (exact) mass is 634 g/mol. The van der Waals surface area contributed by atoms with Gasteiger partial charge in [-0.15, -0.1) is 0 Å². The minimum absolute atomic E-state index is 0.508. The third-order valence-electron chi connectivity index (χ3n) is 10.1. The van der Waals surface area contributed by atoms with E-state index in [-0.39, 0.29) is 0 Å². The van der Waals surface area contributed by atoms with E-state index >= 15 is 8.78 Å². The number of rotatable bonds is 8. The van der Waals surface area contributed by atoms with E-state index in [1.807, 2.05) is 60.7 Å². The van der Waals surface area contributed by atoms with E-state index in [9.17, 15) is 0 Å². The highest BCUT2D eigenvalue weighted by Crippen LogP contribution is 2.61. The molecule has 5 aromatic carbocycles. The fourth-order valence-electron chi connectivity index (χ4n) is 7.74. The first kappa shape index (κ1) is 30.6. The molecule has 0 spiro atoms. The summed E-state index contributed by atoms with van der Waals surface area (Å²) in [5.41, 5.74) is 3.59. The lowest BCUT2D eigenvalue weighted by molar-refractivity contribution is 0.163. The van der Waals surface area contributed by atoms with E-state index in [1.165, 1.54) is 6.07 Å². The highest BCUT2D eigenvalue weighted by atomic mass is 19.1. The van der Waals surface area contributed by atoms with Crippen LogP contribution in [0.2, 0.25) is 0 Å². The van der Waals surface area contributed by atoms with Crippen molar-refractivity contribution in [3.8, 4) is 39.9 Å². The maximum Gasteiger partial charge on any atom is 0.178 e. The van der Waals surface area contributed by atoms with E-state index in [0.717, 1.165) is 56.2 Å². The summed E-state index contributed by atoms with van der Waals surface area (Å²) in [7, 11) is 6.44. The van der Waals surface area contributed by atoms with Crippen molar-refractivity contribution in [3.05, 3.63) is 118 Å². The van der Waals surface area contributed by atoms with Crippen molar-refractivity contribution < 1.29 is 32.5 Å². The molecule has 47 heavy (non-hydrogen) atoms. The molecule has 0 fully saturated rings. The van der Waals surface area contributed by atoms with Gasteiger partial charge in [0.1, 0.15) is 28.9 Å². The smallest absolute Gasteiger partial charge is 0.178 e. The number of methoxy groups -OCH3 is 4. The summed E-state index contributed by atoms with van der Waals surface area (Å²) >= 11 is 0. The predicted molar refractivity (Wildman–Crippen MR) is 180 cm³/mol. The third kappa shape index (κ3) is 4.32. The molecule has 0 N–H and O–H groups in total. The molecule has 1 aliphatic carbocycles.